The highest BCUT2D eigenvalue weighted by Gasteiger charge is 2.53. The third-order valence-corrected chi connectivity index (χ3v) is 3.26. The van der Waals surface area contributed by atoms with Gasteiger partial charge in [-0.2, -0.15) is 4.98 Å². The molecule has 1 aliphatic rings. The minimum Gasteiger partial charge on any atom is -0.393 e. The average Bonchev–Trinajstić information content (AvgIpc) is 2.68. The molecule has 1 aliphatic heterocycles. The SMILES string of the molecule is C=C[C@]1(CO)O[C@@H](n2cc(F)c(N)nc2=O)[C@@H](O)[C@@H]1O. The molecule has 110 valence electrons. The van der Waals surface area contributed by atoms with Gasteiger partial charge >= 0.3 is 5.69 Å². The van der Waals surface area contributed by atoms with Crippen molar-refractivity contribution in [3.05, 3.63) is 35.2 Å². The number of aromatic nitrogens is 2. The van der Waals surface area contributed by atoms with Gasteiger partial charge in [-0.1, -0.05) is 6.08 Å². The summed E-state index contributed by atoms with van der Waals surface area (Å²) in [5.41, 5.74) is 2.54. The molecule has 8 nitrogen and oxygen atoms in total. The molecule has 5 N–H and O–H groups in total. The third kappa shape index (κ3) is 2.00. The van der Waals surface area contributed by atoms with Crippen molar-refractivity contribution >= 4 is 5.82 Å². The molecular formula is C11H14FN3O5. The number of anilines is 1. The summed E-state index contributed by atoms with van der Waals surface area (Å²) in [6.07, 6.45) is -2.73. The van der Waals surface area contributed by atoms with Crippen LogP contribution in [-0.4, -0.2) is 49.3 Å². The smallest absolute Gasteiger partial charge is 0.351 e. The van der Waals surface area contributed by atoms with Gasteiger partial charge in [0, 0.05) is 0 Å². The molecule has 2 rings (SSSR count). The monoisotopic (exact) mass is 287 g/mol. The highest BCUT2D eigenvalue weighted by molar-refractivity contribution is 5.26. The second-order valence-corrected chi connectivity index (χ2v) is 4.42. The molecule has 4 atom stereocenters. The predicted octanol–water partition coefficient (Wildman–Crippen LogP) is -1.87. The van der Waals surface area contributed by atoms with Gasteiger partial charge in [-0.15, -0.1) is 6.58 Å². The van der Waals surface area contributed by atoms with E-state index in [9.17, 15) is 24.5 Å². The van der Waals surface area contributed by atoms with E-state index >= 15 is 0 Å². The Kier molecular flexibility index (Phi) is 3.61. The molecule has 0 spiro atoms. The highest BCUT2D eigenvalue weighted by Crippen LogP contribution is 2.37. The maximum absolute atomic E-state index is 13.4. The molecule has 0 radical (unpaired) electrons. The number of aliphatic hydroxyl groups is 3. The van der Waals surface area contributed by atoms with Crippen molar-refractivity contribution in [3.8, 4) is 0 Å². The van der Waals surface area contributed by atoms with Crippen LogP contribution in [0.5, 0.6) is 0 Å². The van der Waals surface area contributed by atoms with E-state index in [1.165, 1.54) is 0 Å². The van der Waals surface area contributed by atoms with Gasteiger partial charge < -0.3 is 25.8 Å². The number of hydrogen-bond acceptors (Lipinski definition) is 7. The maximum atomic E-state index is 13.4. The molecule has 0 aromatic carbocycles. The van der Waals surface area contributed by atoms with Gasteiger partial charge in [0.25, 0.3) is 0 Å². The van der Waals surface area contributed by atoms with E-state index in [0.29, 0.717) is 10.8 Å². The largest absolute Gasteiger partial charge is 0.393 e. The van der Waals surface area contributed by atoms with Crippen molar-refractivity contribution in [2.24, 2.45) is 0 Å². The predicted molar refractivity (Wildman–Crippen MR) is 65.0 cm³/mol. The molecule has 0 bridgehead atoms. The normalized spacial score (nSPS) is 33.3. The summed E-state index contributed by atoms with van der Waals surface area (Å²) in [7, 11) is 0. The molecule has 0 unspecified atom stereocenters. The fourth-order valence-corrected chi connectivity index (χ4v) is 2.03. The Labute approximate surface area is 112 Å². The number of hydrogen-bond donors (Lipinski definition) is 4. The van der Waals surface area contributed by atoms with Gasteiger partial charge in [0.2, 0.25) is 0 Å². The number of rotatable bonds is 3. The van der Waals surface area contributed by atoms with Crippen LogP contribution in [0.15, 0.2) is 23.6 Å². The molecule has 20 heavy (non-hydrogen) atoms. The first kappa shape index (κ1) is 14.6. The topological polar surface area (TPSA) is 131 Å². The second kappa shape index (κ2) is 4.94. The van der Waals surface area contributed by atoms with Crippen LogP contribution in [0.2, 0.25) is 0 Å². The van der Waals surface area contributed by atoms with E-state index in [0.717, 1.165) is 6.08 Å². The van der Waals surface area contributed by atoms with Crippen LogP contribution < -0.4 is 11.4 Å². The summed E-state index contributed by atoms with van der Waals surface area (Å²) in [4.78, 5) is 14.9. The summed E-state index contributed by atoms with van der Waals surface area (Å²) < 4.78 is 19.3. The first-order chi connectivity index (χ1) is 9.36. The molecule has 2 heterocycles. The van der Waals surface area contributed by atoms with E-state index < -0.39 is 48.0 Å². The van der Waals surface area contributed by atoms with Gasteiger partial charge in [0.15, 0.2) is 17.9 Å². The lowest BCUT2D eigenvalue weighted by atomic mass is 9.96. The summed E-state index contributed by atoms with van der Waals surface area (Å²) in [5, 5.41) is 29.1. The average molecular weight is 287 g/mol. The number of halogens is 1. The highest BCUT2D eigenvalue weighted by atomic mass is 19.1. The van der Waals surface area contributed by atoms with Crippen LogP contribution in [0.3, 0.4) is 0 Å². The van der Waals surface area contributed by atoms with Gasteiger partial charge in [0.05, 0.1) is 12.8 Å². The van der Waals surface area contributed by atoms with E-state index in [2.05, 4.69) is 11.6 Å². The molecule has 1 saturated heterocycles. The van der Waals surface area contributed by atoms with Crippen molar-refractivity contribution < 1.29 is 24.4 Å². The lowest BCUT2D eigenvalue weighted by Crippen LogP contribution is -2.44. The summed E-state index contributed by atoms with van der Waals surface area (Å²) in [6, 6.07) is 0. The van der Waals surface area contributed by atoms with E-state index in [1.807, 2.05) is 0 Å². The van der Waals surface area contributed by atoms with Crippen LogP contribution in [0.25, 0.3) is 0 Å². The van der Waals surface area contributed by atoms with E-state index in [1.54, 1.807) is 0 Å². The Morgan fingerprint density at radius 1 is 1.65 bits per heavy atom. The maximum Gasteiger partial charge on any atom is 0.351 e. The van der Waals surface area contributed by atoms with E-state index in [-0.39, 0.29) is 0 Å². The Morgan fingerprint density at radius 2 is 2.30 bits per heavy atom. The third-order valence-electron chi connectivity index (χ3n) is 3.26. The number of aliphatic hydroxyl groups excluding tert-OH is 3. The van der Waals surface area contributed by atoms with Crippen LogP contribution in [0.4, 0.5) is 10.2 Å². The van der Waals surface area contributed by atoms with Gasteiger partial charge in [-0.3, -0.25) is 4.57 Å². The Hall–Kier alpha value is -1.81. The van der Waals surface area contributed by atoms with Crippen LogP contribution in [0, 0.1) is 5.82 Å². The fraction of sp³-hybridized carbons (Fsp3) is 0.455. The first-order valence-electron chi connectivity index (χ1n) is 5.69. The van der Waals surface area contributed by atoms with Crippen molar-refractivity contribution in [2.45, 2.75) is 24.0 Å². The zero-order valence-corrected chi connectivity index (χ0v) is 10.3. The van der Waals surface area contributed by atoms with Gasteiger partial charge in [-0.25, -0.2) is 9.18 Å². The van der Waals surface area contributed by atoms with Crippen LogP contribution in [0.1, 0.15) is 6.23 Å². The van der Waals surface area contributed by atoms with Crippen molar-refractivity contribution in [1.29, 1.82) is 0 Å². The number of ether oxygens (including phenoxy) is 1. The minimum absolute atomic E-state index is 0.587. The van der Waals surface area contributed by atoms with Crippen LogP contribution >= 0.6 is 0 Å². The van der Waals surface area contributed by atoms with Crippen molar-refractivity contribution in [1.82, 2.24) is 9.55 Å². The minimum atomic E-state index is -1.65. The first-order valence-corrected chi connectivity index (χ1v) is 5.69. The summed E-state index contributed by atoms with van der Waals surface area (Å²) in [6.45, 7) is 2.72. The molecule has 0 aliphatic carbocycles. The molecule has 1 fully saturated rings. The number of nitrogens with zero attached hydrogens (tertiary/aromatic N) is 2. The molecular weight excluding hydrogens is 273 g/mol. The number of nitrogens with two attached hydrogens (primary N) is 1. The standard InChI is InChI=1S/C11H14FN3O5/c1-2-11(4-16)7(18)6(17)9(20-11)15-3-5(12)8(13)14-10(15)19/h2-3,6-7,9,16-18H,1,4H2,(H2,13,14,19)/t6-,7-,9+,11+/m0/s1. The quantitative estimate of drug-likeness (QED) is 0.479. The fourth-order valence-electron chi connectivity index (χ4n) is 2.03. The second-order valence-electron chi connectivity index (χ2n) is 4.42. The van der Waals surface area contributed by atoms with Crippen molar-refractivity contribution in [3.63, 3.8) is 0 Å². The molecule has 0 saturated carbocycles. The number of nitrogen functional groups attached to an aromatic ring is 1. The Morgan fingerprint density at radius 3 is 2.80 bits per heavy atom. The van der Waals surface area contributed by atoms with Crippen molar-refractivity contribution in [2.75, 3.05) is 12.3 Å². The molecule has 9 heteroatoms. The van der Waals surface area contributed by atoms with Gasteiger partial charge in [0.1, 0.15) is 17.8 Å². The summed E-state index contributed by atoms with van der Waals surface area (Å²) in [5.74, 6) is -1.56. The Balaban J connectivity index is 2.47. The molecule has 1 aromatic heterocycles. The lowest BCUT2D eigenvalue weighted by Gasteiger charge is -2.25. The van der Waals surface area contributed by atoms with Gasteiger partial charge in [-0.05, 0) is 0 Å². The lowest BCUT2D eigenvalue weighted by molar-refractivity contribution is -0.0995. The van der Waals surface area contributed by atoms with E-state index in [4.69, 9.17) is 10.5 Å². The summed E-state index contributed by atoms with van der Waals surface area (Å²) >= 11 is 0. The molecule has 0 amide bonds. The molecule has 1 aromatic rings. The zero-order valence-electron chi connectivity index (χ0n) is 10.3. The zero-order chi connectivity index (χ0) is 15.1. The van der Waals surface area contributed by atoms with Crippen LogP contribution in [-0.2, 0) is 4.74 Å². The Bertz CT molecular complexity index is 592.